The van der Waals surface area contributed by atoms with Gasteiger partial charge in [0.25, 0.3) is 0 Å². The van der Waals surface area contributed by atoms with Crippen molar-refractivity contribution in [2.75, 3.05) is 6.54 Å². The molecule has 2 aliphatic rings. The van der Waals surface area contributed by atoms with Crippen molar-refractivity contribution < 1.29 is 19.2 Å². The van der Waals surface area contributed by atoms with Crippen molar-refractivity contribution in [3.05, 3.63) is 35.9 Å². The molecule has 1 aliphatic heterocycles. The molecule has 0 spiro atoms. The molecular weight excluding hydrogens is 406 g/mol. The van der Waals surface area contributed by atoms with E-state index in [4.69, 9.17) is 0 Å². The molecule has 1 saturated heterocycles. The van der Waals surface area contributed by atoms with Crippen molar-refractivity contribution in [2.24, 2.45) is 11.8 Å². The first-order valence-electron chi connectivity index (χ1n) is 11.8. The molecule has 0 aromatic heterocycles. The van der Waals surface area contributed by atoms with E-state index in [0.717, 1.165) is 44.8 Å². The molecule has 0 radical (unpaired) electrons. The molecular formula is C25H35N3O4. The van der Waals surface area contributed by atoms with E-state index in [2.05, 4.69) is 10.6 Å². The third-order valence-electron chi connectivity index (χ3n) is 6.71. The third kappa shape index (κ3) is 5.75. The van der Waals surface area contributed by atoms with E-state index in [0.29, 0.717) is 18.5 Å². The van der Waals surface area contributed by atoms with Crippen molar-refractivity contribution in [3.63, 3.8) is 0 Å². The highest BCUT2D eigenvalue weighted by atomic mass is 16.2. The van der Waals surface area contributed by atoms with Crippen molar-refractivity contribution in [1.82, 2.24) is 15.5 Å². The predicted octanol–water partition coefficient (Wildman–Crippen LogP) is 3.33. The molecule has 2 N–H and O–H groups in total. The lowest BCUT2D eigenvalue weighted by Crippen LogP contribution is -2.58. The summed E-state index contributed by atoms with van der Waals surface area (Å²) in [5.41, 5.74) is 0.539. The van der Waals surface area contributed by atoms with E-state index >= 15 is 0 Å². The van der Waals surface area contributed by atoms with Crippen LogP contribution in [0.15, 0.2) is 30.3 Å². The van der Waals surface area contributed by atoms with Gasteiger partial charge in [0.1, 0.15) is 12.3 Å². The van der Waals surface area contributed by atoms with Crippen LogP contribution in [-0.2, 0) is 9.59 Å². The van der Waals surface area contributed by atoms with E-state index in [1.807, 2.05) is 19.9 Å². The van der Waals surface area contributed by atoms with Crippen LogP contribution in [0.25, 0.3) is 0 Å². The molecule has 32 heavy (non-hydrogen) atoms. The van der Waals surface area contributed by atoms with Crippen molar-refractivity contribution in [1.29, 1.82) is 0 Å². The summed E-state index contributed by atoms with van der Waals surface area (Å²) < 4.78 is 0. The molecule has 3 atom stereocenters. The molecule has 1 heterocycles. The van der Waals surface area contributed by atoms with Gasteiger partial charge in [-0.1, -0.05) is 63.4 Å². The fourth-order valence-corrected chi connectivity index (χ4v) is 4.88. The molecule has 3 unspecified atom stereocenters. The minimum absolute atomic E-state index is 0.0391. The van der Waals surface area contributed by atoms with Crippen LogP contribution in [0.4, 0.5) is 4.79 Å². The highest BCUT2D eigenvalue weighted by molar-refractivity contribution is 6.02. The van der Waals surface area contributed by atoms with Gasteiger partial charge >= 0.3 is 6.03 Å². The zero-order valence-corrected chi connectivity index (χ0v) is 19.1. The predicted molar refractivity (Wildman–Crippen MR) is 122 cm³/mol. The Hall–Kier alpha value is -2.70. The number of hydrogen-bond donors (Lipinski definition) is 2. The fraction of sp³-hybridized carbons (Fsp3) is 0.600. The molecule has 3 rings (SSSR count). The summed E-state index contributed by atoms with van der Waals surface area (Å²) in [4.78, 5) is 52.4. The average molecular weight is 442 g/mol. The van der Waals surface area contributed by atoms with Crippen LogP contribution in [-0.4, -0.2) is 53.6 Å². The molecule has 1 saturated carbocycles. The Bertz CT molecular complexity index is 805. The standard InChI is InChI=1S/C25H35N3O4/c1-17(2)21(23(30)19-12-7-4-8-13-19)26-25(32)27-22(18-10-5-3-6-11-18)24(31)28-15-9-14-20(28)16-29/h4,7-8,12-13,16-18,20-22H,3,5-6,9-11,14-15H2,1-2H3,(H2,26,27,32). The number of aldehydes is 1. The lowest BCUT2D eigenvalue weighted by Gasteiger charge is -2.34. The maximum Gasteiger partial charge on any atom is 0.316 e. The molecule has 3 amide bonds. The number of Topliss-reactive ketones (excluding diaryl/α,β-unsaturated/α-hetero) is 1. The number of urea groups is 1. The smallest absolute Gasteiger partial charge is 0.316 e. The highest BCUT2D eigenvalue weighted by Crippen LogP contribution is 2.29. The van der Waals surface area contributed by atoms with Crippen LogP contribution >= 0.6 is 0 Å². The van der Waals surface area contributed by atoms with Crippen LogP contribution in [0.1, 0.15) is 69.2 Å². The first kappa shape index (κ1) is 24.0. The van der Waals surface area contributed by atoms with Crippen LogP contribution in [0, 0.1) is 11.8 Å². The number of carbonyl (C=O) groups excluding carboxylic acids is 4. The minimum atomic E-state index is -0.700. The van der Waals surface area contributed by atoms with Gasteiger partial charge in [0.2, 0.25) is 5.91 Å². The lowest BCUT2D eigenvalue weighted by atomic mass is 9.83. The Morgan fingerprint density at radius 1 is 0.969 bits per heavy atom. The first-order valence-corrected chi connectivity index (χ1v) is 11.8. The summed E-state index contributed by atoms with van der Waals surface area (Å²) in [5, 5.41) is 5.71. The van der Waals surface area contributed by atoms with E-state index in [1.165, 1.54) is 0 Å². The molecule has 7 heteroatoms. The molecule has 0 bridgehead atoms. The molecule has 1 aromatic rings. The lowest BCUT2D eigenvalue weighted by molar-refractivity contribution is -0.137. The van der Waals surface area contributed by atoms with Crippen LogP contribution in [0.2, 0.25) is 0 Å². The Kier molecular flexibility index (Phi) is 8.42. The monoisotopic (exact) mass is 441 g/mol. The Labute approximate surface area is 190 Å². The number of amides is 3. The number of rotatable bonds is 8. The number of likely N-dealkylation sites (tertiary alicyclic amines) is 1. The third-order valence-corrected chi connectivity index (χ3v) is 6.71. The summed E-state index contributed by atoms with van der Waals surface area (Å²) in [7, 11) is 0. The van der Waals surface area contributed by atoms with Gasteiger partial charge in [-0.15, -0.1) is 0 Å². The van der Waals surface area contributed by atoms with Crippen molar-refractivity contribution >= 4 is 24.0 Å². The fourth-order valence-electron chi connectivity index (χ4n) is 4.88. The van der Waals surface area contributed by atoms with Crippen LogP contribution in [0.3, 0.4) is 0 Å². The highest BCUT2D eigenvalue weighted by Gasteiger charge is 2.38. The van der Waals surface area contributed by atoms with Crippen LogP contribution < -0.4 is 10.6 Å². The molecule has 174 valence electrons. The summed E-state index contributed by atoms with van der Waals surface area (Å²) in [6, 6.07) is 6.58. The quantitative estimate of drug-likeness (QED) is 0.478. The van der Waals surface area contributed by atoms with Gasteiger partial charge in [-0.2, -0.15) is 0 Å². The van der Waals surface area contributed by atoms with Gasteiger partial charge in [0.15, 0.2) is 5.78 Å². The molecule has 1 aliphatic carbocycles. The summed E-state index contributed by atoms with van der Waals surface area (Å²) in [6.45, 7) is 4.30. The van der Waals surface area contributed by atoms with E-state index in [9.17, 15) is 19.2 Å². The normalized spacial score (nSPS) is 21.1. The summed E-state index contributed by atoms with van der Waals surface area (Å²) >= 11 is 0. The Balaban J connectivity index is 1.74. The molecule has 2 fully saturated rings. The van der Waals surface area contributed by atoms with Crippen molar-refractivity contribution in [3.8, 4) is 0 Å². The van der Waals surface area contributed by atoms with Gasteiger partial charge in [-0.25, -0.2) is 4.79 Å². The zero-order chi connectivity index (χ0) is 23.1. The van der Waals surface area contributed by atoms with Gasteiger partial charge in [-0.3, -0.25) is 9.59 Å². The topological polar surface area (TPSA) is 95.6 Å². The first-order chi connectivity index (χ1) is 15.4. The zero-order valence-electron chi connectivity index (χ0n) is 19.1. The van der Waals surface area contributed by atoms with E-state index < -0.39 is 24.2 Å². The van der Waals surface area contributed by atoms with E-state index in [1.54, 1.807) is 29.2 Å². The van der Waals surface area contributed by atoms with E-state index in [-0.39, 0.29) is 23.5 Å². The number of benzene rings is 1. The second-order valence-corrected chi connectivity index (χ2v) is 9.32. The Morgan fingerprint density at radius 3 is 2.28 bits per heavy atom. The number of nitrogens with zero attached hydrogens (tertiary/aromatic N) is 1. The average Bonchev–Trinajstić information content (AvgIpc) is 3.30. The van der Waals surface area contributed by atoms with Crippen LogP contribution in [0.5, 0.6) is 0 Å². The second kappa shape index (κ2) is 11.2. The number of carbonyl (C=O) groups is 4. The maximum atomic E-state index is 13.4. The second-order valence-electron chi connectivity index (χ2n) is 9.32. The van der Waals surface area contributed by atoms with Gasteiger partial charge in [0.05, 0.1) is 12.1 Å². The molecule has 7 nitrogen and oxygen atoms in total. The van der Waals surface area contributed by atoms with Gasteiger partial charge in [0, 0.05) is 12.1 Å². The number of hydrogen-bond acceptors (Lipinski definition) is 4. The number of nitrogens with one attached hydrogen (secondary N) is 2. The molecule has 1 aromatic carbocycles. The van der Waals surface area contributed by atoms with Gasteiger partial charge < -0.3 is 20.3 Å². The summed E-state index contributed by atoms with van der Waals surface area (Å²) in [5.74, 6) is -0.415. The maximum absolute atomic E-state index is 13.4. The SMILES string of the molecule is CC(C)C(NC(=O)NC(C(=O)N1CCCC1C=O)C1CCCCC1)C(=O)c1ccccc1. The minimum Gasteiger partial charge on any atom is -0.331 e. The number of ketones is 1. The van der Waals surface area contributed by atoms with Gasteiger partial charge in [-0.05, 0) is 37.5 Å². The summed E-state index contributed by atoms with van der Waals surface area (Å²) in [6.07, 6.45) is 7.20. The Morgan fingerprint density at radius 2 is 1.66 bits per heavy atom. The largest absolute Gasteiger partial charge is 0.331 e. The van der Waals surface area contributed by atoms with Crippen molar-refractivity contribution in [2.45, 2.75) is 76.9 Å².